The summed E-state index contributed by atoms with van der Waals surface area (Å²) < 4.78 is 5.94. The van der Waals surface area contributed by atoms with Crippen LogP contribution in [0.2, 0.25) is 0 Å². The molecule has 5 aliphatic rings. The SMILES string of the molecule is CC(C)CCC[C@@H](C)[C@H]1CCC2C3CC=C4C[C@@H](OC(=O)NCCCCCC(=O)N5C[C@H](O)C/C5=C\O)CC[C@]4(C)C3CC[C@@]21C. The highest BCUT2D eigenvalue weighted by Gasteiger charge is 2.59. The van der Waals surface area contributed by atoms with Crippen LogP contribution in [-0.4, -0.2) is 52.4 Å². The fraction of sp³-hybridized carbons (Fsp3) is 0.846. The fourth-order valence-corrected chi connectivity index (χ4v) is 11.0. The summed E-state index contributed by atoms with van der Waals surface area (Å²) in [7, 11) is 0. The topological polar surface area (TPSA) is 99.1 Å². The Bertz CT molecular complexity index is 1130. The Morgan fingerprint density at radius 1 is 1.02 bits per heavy atom. The number of alkyl carbamates (subject to hydrolysis) is 1. The Kier molecular flexibility index (Phi) is 11.5. The van der Waals surface area contributed by atoms with Gasteiger partial charge in [0.1, 0.15) is 6.10 Å². The van der Waals surface area contributed by atoms with Gasteiger partial charge in [-0.3, -0.25) is 4.79 Å². The molecule has 0 aromatic heterocycles. The minimum Gasteiger partial charge on any atom is -0.514 e. The third-order valence-electron chi connectivity index (χ3n) is 13.5. The Morgan fingerprint density at radius 2 is 1.83 bits per heavy atom. The molecule has 1 aliphatic heterocycles. The number of nitrogens with zero attached hydrogens (tertiary/aromatic N) is 1. The molecule has 5 rings (SSSR count). The molecule has 1 saturated heterocycles. The quantitative estimate of drug-likeness (QED) is 0.113. The van der Waals surface area contributed by atoms with Gasteiger partial charge < -0.3 is 25.2 Å². The number of likely N-dealkylation sites (tertiary alicyclic amines) is 1. The lowest BCUT2D eigenvalue weighted by Crippen LogP contribution is -2.51. The van der Waals surface area contributed by atoms with Crippen molar-refractivity contribution in [3.63, 3.8) is 0 Å². The first-order valence-corrected chi connectivity index (χ1v) is 18.9. The van der Waals surface area contributed by atoms with Crippen LogP contribution in [0.25, 0.3) is 0 Å². The van der Waals surface area contributed by atoms with Crippen molar-refractivity contribution in [3.05, 3.63) is 23.6 Å². The lowest BCUT2D eigenvalue weighted by Gasteiger charge is -2.58. The van der Waals surface area contributed by atoms with Crippen molar-refractivity contribution < 1.29 is 24.5 Å². The second-order valence-corrected chi connectivity index (χ2v) is 16.8. The molecule has 4 fully saturated rings. The summed E-state index contributed by atoms with van der Waals surface area (Å²) in [4.78, 5) is 26.6. The van der Waals surface area contributed by atoms with Crippen molar-refractivity contribution >= 4 is 12.0 Å². The van der Waals surface area contributed by atoms with Gasteiger partial charge in [0.2, 0.25) is 5.91 Å². The van der Waals surface area contributed by atoms with Gasteiger partial charge in [-0.1, -0.05) is 72.0 Å². The minimum absolute atomic E-state index is 0.0468. The maximum atomic E-state index is 12.7. The summed E-state index contributed by atoms with van der Waals surface area (Å²) in [6.07, 6.45) is 19.4. The maximum absolute atomic E-state index is 12.7. The van der Waals surface area contributed by atoms with E-state index in [0.29, 0.717) is 36.9 Å². The van der Waals surface area contributed by atoms with Gasteiger partial charge in [0.25, 0.3) is 0 Å². The van der Waals surface area contributed by atoms with E-state index in [2.05, 4.69) is 46.0 Å². The average Bonchev–Trinajstić information content (AvgIpc) is 3.58. The molecular formula is C39H64N2O5. The van der Waals surface area contributed by atoms with E-state index in [4.69, 9.17) is 4.74 Å². The number of fused-ring (bicyclic) bond motifs is 5. The average molecular weight is 641 g/mol. The number of amides is 2. The molecule has 46 heavy (non-hydrogen) atoms. The number of allylic oxidation sites excluding steroid dienone is 1. The molecule has 2 amide bonds. The molecular weight excluding hydrogens is 576 g/mol. The molecule has 0 aromatic rings. The number of hydrogen-bond donors (Lipinski definition) is 3. The zero-order valence-electron chi connectivity index (χ0n) is 29.6. The first-order valence-electron chi connectivity index (χ1n) is 18.9. The van der Waals surface area contributed by atoms with Gasteiger partial charge in [-0.2, -0.15) is 0 Å². The standard InChI is InChI=1S/C39H64N2O5/c1-26(2)10-9-11-27(3)33-15-16-34-32-14-13-28-22-31(17-19-38(28,4)35(32)18-20-39(33,34)5)46-37(45)40-21-8-6-7-12-36(44)41-24-30(43)23-29(41)25-42/h13,25-27,30-35,42-43H,6-12,14-24H2,1-5H3,(H,40,45)/b29-25+/t27-,30-,31+,32?,33-,34?,35?,38+,39-/m1/s1. The number of β-amino-alcohol motifs (C(OH)–C–C–N with tert-alkyl or cyclic N) is 1. The number of carbonyl (C=O) groups excluding carboxylic acids is 2. The Hall–Kier alpha value is -2.02. The maximum Gasteiger partial charge on any atom is 0.407 e. The van der Waals surface area contributed by atoms with E-state index in [1.807, 2.05) is 0 Å². The van der Waals surface area contributed by atoms with Crippen LogP contribution in [-0.2, 0) is 9.53 Å². The zero-order valence-corrected chi connectivity index (χ0v) is 29.6. The first kappa shape index (κ1) is 35.3. The van der Waals surface area contributed by atoms with Crippen LogP contribution in [0, 0.1) is 46.3 Å². The molecule has 3 unspecified atom stereocenters. The predicted molar refractivity (Wildman–Crippen MR) is 183 cm³/mol. The van der Waals surface area contributed by atoms with Crippen LogP contribution in [0.15, 0.2) is 23.6 Å². The van der Waals surface area contributed by atoms with Crippen LogP contribution in [0.4, 0.5) is 4.79 Å². The van der Waals surface area contributed by atoms with E-state index in [0.717, 1.165) is 73.9 Å². The number of ether oxygens (including phenoxy) is 1. The molecule has 0 radical (unpaired) electrons. The monoisotopic (exact) mass is 640 g/mol. The van der Waals surface area contributed by atoms with E-state index >= 15 is 0 Å². The largest absolute Gasteiger partial charge is 0.514 e. The molecule has 3 saturated carbocycles. The predicted octanol–water partition coefficient (Wildman–Crippen LogP) is 8.68. The first-order chi connectivity index (χ1) is 22.0. The van der Waals surface area contributed by atoms with Crippen LogP contribution >= 0.6 is 0 Å². The summed E-state index contributed by atoms with van der Waals surface area (Å²) in [5.74, 6) is 4.90. The van der Waals surface area contributed by atoms with Crippen LogP contribution in [0.5, 0.6) is 0 Å². The normalized spacial score (nSPS) is 37.0. The second kappa shape index (κ2) is 15.0. The summed E-state index contributed by atoms with van der Waals surface area (Å²) >= 11 is 0. The third kappa shape index (κ3) is 7.50. The lowest BCUT2D eigenvalue weighted by molar-refractivity contribution is -0.129. The van der Waals surface area contributed by atoms with Gasteiger partial charge in [-0.05, 0) is 104 Å². The number of hydrogen-bond acceptors (Lipinski definition) is 5. The summed E-state index contributed by atoms with van der Waals surface area (Å²) in [6.45, 7) is 13.2. The van der Waals surface area contributed by atoms with Crippen molar-refractivity contribution in [2.45, 2.75) is 150 Å². The molecule has 0 aromatic carbocycles. The van der Waals surface area contributed by atoms with Crippen molar-refractivity contribution in [3.8, 4) is 0 Å². The summed E-state index contributed by atoms with van der Waals surface area (Å²) in [5, 5.41) is 22.0. The van der Waals surface area contributed by atoms with Gasteiger partial charge in [0, 0.05) is 25.8 Å². The van der Waals surface area contributed by atoms with E-state index in [1.54, 1.807) is 5.57 Å². The molecule has 0 bridgehead atoms. The highest BCUT2D eigenvalue weighted by atomic mass is 16.6. The van der Waals surface area contributed by atoms with Gasteiger partial charge in [0.15, 0.2) is 0 Å². The minimum atomic E-state index is -0.608. The second-order valence-electron chi connectivity index (χ2n) is 16.8. The van der Waals surface area contributed by atoms with Gasteiger partial charge in [0.05, 0.1) is 24.6 Å². The smallest absolute Gasteiger partial charge is 0.407 e. The van der Waals surface area contributed by atoms with Gasteiger partial charge in [-0.25, -0.2) is 4.79 Å². The number of carbonyl (C=O) groups is 2. The highest BCUT2D eigenvalue weighted by molar-refractivity contribution is 5.78. The molecule has 4 aliphatic carbocycles. The number of aliphatic hydroxyl groups excluding tert-OH is 2. The molecule has 1 heterocycles. The van der Waals surface area contributed by atoms with E-state index in [9.17, 15) is 19.8 Å². The number of rotatable bonds is 12. The van der Waals surface area contributed by atoms with Crippen LogP contribution in [0.3, 0.4) is 0 Å². The molecule has 7 nitrogen and oxygen atoms in total. The van der Waals surface area contributed by atoms with Crippen molar-refractivity contribution in [1.29, 1.82) is 0 Å². The molecule has 9 atom stereocenters. The van der Waals surface area contributed by atoms with Crippen LogP contribution < -0.4 is 5.32 Å². The van der Waals surface area contributed by atoms with Gasteiger partial charge in [-0.15, -0.1) is 0 Å². The molecule has 0 spiro atoms. The van der Waals surface area contributed by atoms with Crippen LogP contribution in [0.1, 0.15) is 137 Å². The zero-order chi connectivity index (χ0) is 33.1. The Morgan fingerprint density at radius 3 is 2.59 bits per heavy atom. The van der Waals surface area contributed by atoms with E-state index in [1.165, 1.54) is 56.3 Å². The number of aliphatic hydroxyl groups is 2. The van der Waals surface area contributed by atoms with Crippen molar-refractivity contribution in [2.75, 3.05) is 13.1 Å². The van der Waals surface area contributed by atoms with E-state index < -0.39 is 6.10 Å². The molecule has 7 heteroatoms. The molecule has 260 valence electrons. The Balaban J connectivity index is 1.04. The van der Waals surface area contributed by atoms with E-state index in [-0.39, 0.29) is 30.1 Å². The van der Waals surface area contributed by atoms with Gasteiger partial charge >= 0.3 is 6.09 Å². The van der Waals surface area contributed by atoms with Crippen molar-refractivity contribution in [1.82, 2.24) is 10.2 Å². The van der Waals surface area contributed by atoms with Crippen molar-refractivity contribution in [2.24, 2.45) is 46.3 Å². The summed E-state index contributed by atoms with van der Waals surface area (Å²) in [5.41, 5.74) is 2.79. The number of nitrogens with one attached hydrogen (secondary N) is 1. The highest BCUT2D eigenvalue weighted by Crippen LogP contribution is 2.67. The Labute approximate surface area is 279 Å². The lowest BCUT2D eigenvalue weighted by atomic mass is 9.47. The fourth-order valence-electron chi connectivity index (χ4n) is 11.0. The summed E-state index contributed by atoms with van der Waals surface area (Å²) in [6, 6.07) is 0. The number of unbranched alkanes of at least 4 members (excludes halogenated alkanes) is 2. The third-order valence-corrected chi connectivity index (χ3v) is 13.5. The molecule has 3 N–H and O–H groups in total.